The average molecular weight is 441 g/mol. The second-order valence-electron chi connectivity index (χ2n) is 8.77. The molecule has 2 aliphatic heterocycles. The molecular weight excluding hydrogens is 408 g/mol. The van der Waals surface area contributed by atoms with Gasteiger partial charge in [-0.2, -0.15) is 4.31 Å². The van der Waals surface area contributed by atoms with Gasteiger partial charge in [-0.1, -0.05) is 49.2 Å². The third-order valence-corrected chi connectivity index (χ3v) is 8.45. The summed E-state index contributed by atoms with van der Waals surface area (Å²) < 4.78 is 27.8. The van der Waals surface area contributed by atoms with Crippen molar-refractivity contribution in [3.05, 3.63) is 65.7 Å². The van der Waals surface area contributed by atoms with Crippen LogP contribution in [0.4, 0.5) is 0 Å². The number of carbonyl (C=O) groups is 1. The van der Waals surface area contributed by atoms with Crippen molar-refractivity contribution in [1.82, 2.24) is 9.21 Å². The lowest BCUT2D eigenvalue weighted by molar-refractivity contribution is 0.0690. The summed E-state index contributed by atoms with van der Waals surface area (Å²) in [6.45, 7) is 2.57. The smallest absolute Gasteiger partial charge is 0.253 e. The largest absolute Gasteiger partial charge is 0.339 e. The van der Waals surface area contributed by atoms with Crippen molar-refractivity contribution in [3.8, 4) is 0 Å². The topological polar surface area (TPSA) is 57.7 Å². The first kappa shape index (κ1) is 22.0. The molecule has 5 nitrogen and oxygen atoms in total. The highest BCUT2D eigenvalue weighted by atomic mass is 32.2. The van der Waals surface area contributed by atoms with Crippen LogP contribution in [-0.4, -0.2) is 49.7 Å². The first-order valence-corrected chi connectivity index (χ1v) is 12.9. The van der Waals surface area contributed by atoms with E-state index < -0.39 is 10.0 Å². The standard InChI is InChI=1S/C25H32N2O3S/c28-25(26-17-13-22(14-18-26)19-21-9-4-3-5-10-21)23-11-8-12-24(20-23)31(29,30)27-15-6-1-2-7-16-27/h3-5,8-12,20,22H,1-2,6-7,13-19H2. The van der Waals surface area contributed by atoms with Gasteiger partial charge in [-0.15, -0.1) is 0 Å². The normalized spacial score (nSPS) is 19.2. The van der Waals surface area contributed by atoms with Crippen molar-refractivity contribution in [1.29, 1.82) is 0 Å². The Bertz CT molecular complexity index is 975. The van der Waals surface area contributed by atoms with E-state index in [1.165, 1.54) is 5.56 Å². The first-order chi connectivity index (χ1) is 15.0. The van der Waals surface area contributed by atoms with E-state index >= 15 is 0 Å². The number of hydrogen-bond donors (Lipinski definition) is 0. The predicted molar refractivity (Wildman–Crippen MR) is 122 cm³/mol. The van der Waals surface area contributed by atoms with Gasteiger partial charge in [0.15, 0.2) is 0 Å². The van der Waals surface area contributed by atoms with Crippen LogP contribution in [0.5, 0.6) is 0 Å². The molecule has 166 valence electrons. The van der Waals surface area contributed by atoms with E-state index in [9.17, 15) is 13.2 Å². The number of likely N-dealkylation sites (tertiary alicyclic amines) is 1. The summed E-state index contributed by atoms with van der Waals surface area (Å²) in [6.07, 6.45) is 6.95. The lowest BCUT2D eigenvalue weighted by atomic mass is 9.90. The van der Waals surface area contributed by atoms with Crippen LogP contribution in [0.15, 0.2) is 59.5 Å². The second kappa shape index (κ2) is 9.96. The Kier molecular flexibility index (Phi) is 7.08. The number of amides is 1. The number of rotatable bonds is 5. The molecule has 0 bridgehead atoms. The highest BCUT2D eigenvalue weighted by Crippen LogP contribution is 2.25. The van der Waals surface area contributed by atoms with E-state index in [-0.39, 0.29) is 10.8 Å². The number of piperidine rings is 1. The maximum atomic E-state index is 13.1. The van der Waals surface area contributed by atoms with Crippen molar-refractivity contribution >= 4 is 15.9 Å². The lowest BCUT2D eigenvalue weighted by Crippen LogP contribution is -2.39. The number of hydrogen-bond acceptors (Lipinski definition) is 3. The molecule has 2 heterocycles. The molecule has 0 atom stereocenters. The Labute approximate surface area is 186 Å². The predicted octanol–water partition coefficient (Wildman–Crippen LogP) is 4.35. The zero-order valence-corrected chi connectivity index (χ0v) is 18.9. The molecule has 0 spiro atoms. The number of nitrogens with zero attached hydrogens (tertiary/aromatic N) is 2. The molecule has 2 saturated heterocycles. The second-order valence-corrected chi connectivity index (χ2v) is 10.7. The van der Waals surface area contributed by atoms with Crippen molar-refractivity contribution in [2.45, 2.75) is 49.8 Å². The fraction of sp³-hybridized carbons (Fsp3) is 0.480. The molecule has 2 aromatic rings. The van der Waals surface area contributed by atoms with Gasteiger partial charge in [0.25, 0.3) is 5.91 Å². The molecule has 0 radical (unpaired) electrons. The molecule has 0 aromatic heterocycles. The van der Waals surface area contributed by atoms with Crippen LogP contribution in [0.1, 0.15) is 54.4 Å². The number of sulfonamides is 1. The van der Waals surface area contributed by atoms with Gasteiger partial charge >= 0.3 is 0 Å². The molecule has 31 heavy (non-hydrogen) atoms. The van der Waals surface area contributed by atoms with Gasteiger partial charge in [0.05, 0.1) is 4.90 Å². The fourth-order valence-corrected chi connectivity index (χ4v) is 6.25. The summed E-state index contributed by atoms with van der Waals surface area (Å²) in [4.78, 5) is 15.2. The van der Waals surface area contributed by atoms with E-state index in [4.69, 9.17) is 0 Å². The number of benzene rings is 2. The molecule has 0 saturated carbocycles. The lowest BCUT2D eigenvalue weighted by Gasteiger charge is -2.32. The Morgan fingerprint density at radius 2 is 1.52 bits per heavy atom. The molecule has 2 fully saturated rings. The van der Waals surface area contributed by atoms with Crippen molar-refractivity contribution < 1.29 is 13.2 Å². The van der Waals surface area contributed by atoms with E-state index in [0.29, 0.717) is 24.6 Å². The monoisotopic (exact) mass is 440 g/mol. The SMILES string of the molecule is O=C(c1cccc(S(=O)(=O)N2CCCCCC2)c1)N1CCC(Cc2ccccc2)CC1. The Balaban J connectivity index is 1.40. The third kappa shape index (κ3) is 5.36. The Hall–Kier alpha value is -2.18. The van der Waals surface area contributed by atoms with E-state index in [1.54, 1.807) is 28.6 Å². The highest BCUT2D eigenvalue weighted by molar-refractivity contribution is 7.89. The quantitative estimate of drug-likeness (QED) is 0.695. The summed E-state index contributed by atoms with van der Waals surface area (Å²) in [6, 6.07) is 17.1. The zero-order valence-electron chi connectivity index (χ0n) is 18.1. The first-order valence-electron chi connectivity index (χ1n) is 11.5. The van der Waals surface area contributed by atoms with Crippen molar-refractivity contribution in [2.75, 3.05) is 26.2 Å². The molecule has 6 heteroatoms. The minimum atomic E-state index is -3.55. The summed E-state index contributed by atoms with van der Waals surface area (Å²) in [7, 11) is -3.55. The van der Waals surface area contributed by atoms with Crippen LogP contribution in [0, 0.1) is 5.92 Å². The van der Waals surface area contributed by atoms with E-state index in [0.717, 1.165) is 58.0 Å². The summed E-state index contributed by atoms with van der Waals surface area (Å²) in [5, 5.41) is 0. The van der Waals surface area contributed by atoms with Gasteiger partial charge in [0, 0.05) is 31.7 Å². The Morgan fingerprint density at radius 3 is 2.19 bits per heavy atom. The zero-order chi connectivity index (χ0) is 21.7. The average Bonchev–Trinajstić information content (AvgIpc) is 3.10. The van der Waals surface area contributed by atoms with Crippen LogP contribution >= 0.6 is 0 Å². The molecule has 1 amide bonds. The molecule has 2 aliphatic rings. The molecular formula is C25H32N2O3S. The maximum Gasteiger partial charge on any atom is 0.253 e. The van der Waals surface area contributed by atoms with E-state index in [1.807, 2.05) is 11.0 Å². The summed E-state index contributed by atoms with van der Waals surface area (Å²) in [5.74, 6) is 0.521. The van der Waals surface area contributed by atoms with Crippen molar-refractivity contribution in [2.24, 2.45) is 5.92 Å². The molecule has 0 N–H and O–H groups in total. The Morgan fingerprint density at radius 1 is 0.839 bits per heavy atom. The minimum absolute atomic E-state index is 0.0638. The minimum Gasteiger partial charge on any atom is -0.339 e. The van der Waals surface area contributed by atoms with Gasteiger partial charge in [-0.25, -0.2) is 8.42 Å². The molecule has 0 unspecified atom stereocenters. The van der Waals surface area contributed by atoms with Gasteiger partial charge < -0.3 is 4.90 Å². The van der Waals surface area contributed by atoms with Crippen LogP contribution in [0.3, 0.4) is 0 Å². The highest BCUT2D eigenvalue weighted by Gasteiger charge is 2.28. The number of carbonyl (C=O) groups excluding carboxylic acids is 1. The van der Waals surface area contributed by atoms with E-state index in [2.05, 4.69) is 24.3 Å². The van der Waals surface area contributed by atoms with Gasteiger partial charge in [-0.05, 0) is 61.8 Å². The van der Waals surface area contributed by atoms with Crippen molar-refractivity contribution in [3.63, 3.8) is 0 Å². The summed E-state index contributed by atoms with van der Waals surface area (Å²) in [5.41, 5.74) is 1.82. The molecule has 2 aromatic carbocycles. The summed E-state index contributed by atoms with van der Waals surface area (Å²) >= 11 is 0. The van der Waals surface area contributed by atoms with Gasteiger partial charge in [-0.3, -0.25) is 4.79 Å². The molecule has 0 aliphatic carbocycles. The van der Waals surface area contributed by atoms with Gasteiger partial charge in [0.1, 0.15) is 0 Å². The fourth-order valence-electron chi connectivity index (χ4n) is 4.69. The van der Waals surface area contributed by atoms with Gasteiger partial charge in [0.2, 0.25) is 10.0 Å². The van der Waals surface area contributed by atoms with Crippen LogP contribution < -0.4 is 0 Å². The maximum absolute atomic E-state index is 13.1. The van der Waals surface area contributed by atoms with Crippen LogP contribution in [0.25, 0.3) is 0 Å². The molecule has 4 rings (SSSR count). The third-order valence-electron chi connectivity index (χ3n) is 6.55. The van der Waals surface area contributed by atoms with Crippen LogP contribution in [0.2, 0.25) is 0 Å². The van der Waals surface area contributed by atoms with Crippen LogP contribution in [-0.2, 0) is 16.4 Å².